The van der Waals surface area contributed by atoms with Crippen molar-refractivity contribution in [2.45, 2.75) is 13.8 Å². The summed E-state index contributed by atoms with van der Waals surface area (Å²) < 4.78 is 0. The molecule has 0 aliphatic heterocycles. The third-order valence-corrected chi connectivity index (χ3v) is 2.33. The lowest BCUT2D eigenvalue weighted by atomic mass is 10.2. The molecule has 0 saturated carbocycles. The minimum Gasteiger partial charge on any atom is -0.345 e. The number of likely N-dealkylation sites (N-methyl/N-ethyl adjacent to an activating group) is 2. The Labute approximate surface area is 87.0 Å². The molecule has 1 unspecified atom stereocenters. The number of hydrogen-bond acceptors (Lipinski definition) is 3. The predicted octanol–water partition coefficient (Wildman–Crippen LogP) is -0.00870. The van der Waals surface area contributed by atoms with Gasteiger partial charge in [-0.1, -0.05) is 6.92 Å². The minimum absolute atomic E-state index is 0.166. The number of carbonyl (C=O) groups excluding carboxylic acids is 1. The Morgan fingerprint density at radius 3 is 2.43 bits per heavy atom. The van der Waals surface area contributed by atoms with Gasteiger partial charge in [0.15, 0.2) is 0 Å². The van der Waals surface area contributed by atoms with E-state index in [1.165, 1.54) is 0 Å². The number of rotatable bonds is 6. The van der Waals surface area contributed by atoms with Crippen LogP contribution < -0.4 is 5.73 Å². The molecular weight excluding hydrogens is 178 g/mol. The first-order valence-electron chi connectivity index (χ1n) is 5.13. The Morgan fingerprint density at radius 2 is 2.00 bits per heavy atom. The van der Waals surface area contributed by atoms with Crippen molar-refractivity contribution in [3.05, 3.63) is 0 Å². The largest absolute Gasteiger partial charge is 0.345 e. The molecule has 1 amide bonds. The molecule has 0 aromatic heterocycles. The standard InChI is InChI=1S/C10H23N3O/c1-5-13(4)10(14)8-12(3)7-9(2)6-11/h9H,5-8,11H2,1-4H3. The van der Waals surface area contributed by atoms with Gasteiger partial charge in [0.05, 0.1) is 6.54 Å². The van der Waals surface area contributed by atoms with Crippen molar-refractivity contribution in [3.8, 4) is 0 Å². The van der Waals surface area contributed by atoms with Crippen molar-refractivity contribution in [2.24, 2.45) is 11.7 Å². The predicted molar refractivity (Wildman–Crippen MR) is 59.0 cm³/mol. The molecule has 2 N–H and O–H groups in total. The second-order valence-corrected chi connectivity index (χ2v) is 3.95. The molecule has 1 atom stereocenters. The molecule has 0 aromatic carbocycles. The SMILES string of the molecule is CCN(C)C(=O)CN(C)CC(C)CN. The summed E-state index contributed by atoms with van der Waals surface area (Å²) in [5, 5.41) is 0. The van der Waals surface area contributed by atoms with Gasteiger partial charge in [0.2, 0.25) is 5.91 Å². The fraction of sp³-hybridized carbons (Fsp3) is 0.900. The van der Waals surface area contributed by atoms with Gasteiger partial charge in [-0.2, -0.15) is 0 Å². The van der Waals surface area contributed by atoms with Crippen LogP contribution in [0.2, 0.25) is 0 Å². The van der Waals surface area contributed by atoms with Crippen molar-refractivity contribution in [1.29, 1.82) is 0 Å². The first-order valence-corrected chi connectivity index (χ1v) is 5.13. The molecule has 0 fully saturated rings. The van der Waals surface area contributed by atoms with E-state index in [9.17, 15) is 4.79 Å². The smallest absolute Gasteiger partial charge is 0.236 e. The highest BCUT2D eigenvalue weighted by molar-refractivity contribution is 5.77. The molecule has 0 aromatic rings. The average molecular weight is 201 g/mol. The first kappa shape index (κ1) is 13.4. The number of amides is 1. The van der Waals surface area contributed by atoms with Crippen molar-refractivity contribution < 1.29 is 4.79 Å². The highest BCUT2D eigenvalue weighted by atomic mass is 16.2. The maximum atomic E-state index is 11.5. The fourth-order valence-corrected chi connectivity index (χ4v) is 1.20. The molecule has 14 heavy (non-hydrogen) atoms. The third kappa shape index (κ3) is 5.19. The van der Waals surface area contributed by atoms with E-state index >= 15 is 0 Å². The van der Waals surface area contributed by atoms with Crippen LogP contribution in [0.15, 0.2) is 0 Å². The van der Waals surface area contributed by atoms with Gasteiger partial charge < -0.3 is 10.6 Å². The normalized spacial score (nSPS) is 13.0. The van der Waals surface area contributed by atoms with Crippen LogP contribution in [0, 0.1) is 5.92 Å². The van der Waals surface area contributed by atoms with E-state index in [1.54, 1.807) is 4.90 Å². The summed E-state index contributed by atoms with van der Waals surface area (Å²) in [5.74, 6) is 0.610. The fourth-order valence-electron chi connectivity index (χ4n) is 1.20. The summed E-state index contributed by atoms with van der Waals surface area (Å²) in [7, 11) is 3.77. The summed E-state index contributed by atoms with van der Waals surface area (Å²) in [6.45, 7) is 6.85. The van der Waals surface area contributed by atoms with Crippen molar-refractivity contribution >= 4 is 5.91 Å². The van der Waals surface area contributed by atoms with E-state index in [2.05, 4.69) is 6.92 Å². The molecule has 4 nitrogen and oxygen atoms in total. The zero-order valence-corrected chi connectivity index (χ0v) is 9.79. The lowest BCUT2D eigenvalue weighted by Crippen LogP contribution is -2.38. The minimum atomic E-state index is 0.166. The Bertz CT molecular complexity index is 173. The quantitative estimate of drug-likeness (QED) is 0.657. The third-order valence-electron chi connectivity index (χ3n) is 2.33. The second-order valence-electron chi connectivity index (χ2n) is 3.95. The van der Waals surface area contributed by atoms with Gasteiger partial charge in [-0.05, 0) is 26.4 Å². The Kier molecular flexibility index (Phi) is 6.49. The van der Waals surface area contributed by atoms with Crippen molar-refractivity contribution in [3.63, 3.8) is 0 Å². The second kappa shape index (κ2) is 6.79. The summed E-state index contributed by atoms with van der Waals surface area (Å²) in [4.78, 5) is 15.3. The van der Waals surface area contributed by atoms with E-state index in [-0.39, 0.29) is 5.91 Å². The van der Waals surface area contributed by atoms with Crippen molar-refractivity contribution in [2.75, 3.05) is 40.3 Å². The molecule has 0 aliphatic carbocycles. The molecule has 0 bridgehead atoms. The summed E-state index contributed by atoms with van der Waals surface area (Å²) >= 11 is 0. The van der Waals surface area contributed by atoms with Crippen LogP contribution in [0.4, 0.5) is 0 Å². The van der Waals surface area contributed by atoms with Gasteiger partial charge in [0.1, 0.15) is 0 Å². The van der Waals surface area contributed by atoms with Crippen LogP contribution in [-0.2, 0) is 4.79 Å². The van der Waals surface area contributed by atoms with Crippen LogP contribution in [0.3, 0.4) is 0 Å². The number of nitrogens with two attached hydrogens (primary N) is 1. The lowest BCUT2D eigenvalue weighted by Gasteiger charge is -2.22. The zero-order valence-electron chi connectivity index (χ0n) is 9.79. The summed E-state index contributed by atoms with van der Waals surface area (Å²) in [6.07, 6.45) is 0. The van der Waals surface area contributed by atoms with Gasteiger partial charge in [0, 0.05) is 20.1 Å². The molecular formula is C10H23N3O. The van der Waals surface area contributed by atoms with E-state index in [4.69, 9.17) is 5.73 Å². The molecule has 0 rings (SSSR count). The summed E-state index contributed by atoms with van der Waals surface area (Å²) in [6, 6.07) is 0. The van der Waals surface area contributed by atoms with E-state index < -0.39 is 0 Å². The van der Waals surface area contributed by atoms with E-state index in [0.29, 0.717) is 19.0 Å². The van der Waals surface area contributed by atoms with Crippen LogP contribution >= 0.6 is 0 Å². The van der Waals surface area contributed by atoms with Crippen LogP contribution in [0.25, 0.3) is 0 Å². The monoisotopic (exact) mass is 201 g/mol. The van der Waals surface area contributed by atoms with E-state index in [1.807, 2.05) is 25.9 Å². The lowest BCUT2D eigenvalue weighted by molar-refractivity contribution is -0.130. The van der Waals surface area contributed by atoms with Gasteiger partial charge >= 0.3 is 0 Å². The van der Waals surface area contributed by atoms with Crippen LogP contribution in [0.5, 0.6) is 0 Å². The van der Waals surface area contributed by atoms with Gasteiger partial charge in [-0.3, -0.25) is 9.69 Å². The van der Waals surface area contributed by atoms with Crippen LogP contribution in [0.1, 0.15) is 13.8 Å². The molecule has 0 spiro atoms. The van der Waals surface area contributed by atoms with Crippen LogP contribution in [-0.4, -0.2) is 56.0 Å². The van der Waals surface area contributed by atoms with E-state index in [0.717, 1.165) is 13.1 Å². The molecule has 0 heterocycles. The number of hydrogen-bond donors (Lipinski definition) is 1. The molecule has 0 saturated heterocycles. The molecule has 84 valence electrons. The Morgan fingerprint density at radius 1 is 1.43 bits per heavy atom. The molecule has 0 radical (unpaired) electrons. The van der Waals surface area contributed by atoms with Gasteiger partial charge in [-0.25, -0.2) is 0 Å². The highest BCUT2D eigenvalue weighted by Crippen LogP contribution is 1.96. The number of nitrogens with zero attached hydrogens (tertiary/aromatic N) is 2. The summed E-state index contributed by atoms with van der Waals surface area (Å²) in [5.41, 5.74) is 5.52. The maximum absolute atomic E-state index is 11.5. The van der Waals surface area contributed by atoms with Gasteiger partial charge in [0.25, 0.3) is 0 Å². The molecule has 0 aliphatic rings. The van der Waals surface area contributed by atoms with Crippen molar-refractivity contribution in [1.82, 2.24) is 9.80 Å². The number of carbonyl (C=O) groups is 1. The topological polar surface area (TPSA) is 49.6 Å². The van der Waals surface area contributed by atoms with Gasteiger partial charge in [-0.15, -0.1) is 0 Å². The average Bonchev–Trinajstić information content (AvgIpc) is 2.15. The Balaban J connectivity index is 3.82. The maximum Gasteiger partial charge on any atom is 0.236 e. The Hall–Kier alpha value is -0.610. The highest BCUT2D eigenvalue weighted by Gasteiger charge is 2.11. The molecule has 4 heteroatoms. The first-order chi connectivity index (χ1) is 6.51. The zero-order chi connectivity index (χ0) is 11.1.